The highest BCUT2D eigenvalue weighted by Crippen LogP contribution is 2.43. The van der Waals surface area contributed by atoms with Crippen molar-refractivity contribution in [2.24, 2.45) is 11.8 Å². The molecule has 4 heteroatoms. The molecule has 100 valence electrons. The quantitative estimate of drug-likeness (QED) is 0.734. The van der Waals surface area contributed by atoms with Crippen molar-refractivity contribution >= 4 is 21.6 Å². The second kappa shape index (κ2) is 4.94. The highest BCUT2D eigenvalue weighted by molar-refractivity contribution is 7.18. The minimum atomic E-state index is 0.740. The molecule has 0 bridgehead atoms. The van der Waals surface area contributed by atoms with Gasteiger partial charge in [0, 0.05) is 25.2 Å². The number of aromatic nitrogens is 3. The minimum Gasteiger partial charge on any atom is -0.241 e. The summed E-state index contributed by atoms with van der Waals surface area (Å²) >= 11 is 1.83. The maximum Gasteiger partial charge on any atom is 0.128 e. The van der Waals surface area contributed by atoms with Crippen molar-refractivity contribution in [3.05, 3.63) is 53.6 Å². The Morgan fingerprint density at radius 3 is 2.65 bits per heavy atom. The molecule has 1 aliphatic carbocycles. The molecule has 1 fully saturated rings. The van der Waals surface area contributed by atoms with E-state index < -0.39 is 0 Å². The zero-order chi connectivity index (χ0) is 13.4. The molecule has 2 atom stereocenters. The first-order valence-corrected chi connectivity index (χ1v) is 7.80. The Labute approximate surface area is 121 Å². The summed E-state index contributed by atoms with van der Waals surface area (Å²) in [5, 5.41) is 1.27. The Balaban J connectivity index is 1.41. The third-order valence-electron chi connectivity index (χ3n) is 3.91. The van der Waals surface area contributed by atoms with Crippen LogP contribution in [-0.4, -0.2) is 15.0 Å². The number of rotatable bonds is 4. The average Bonchev–Trinajstić information content (AvgIpc) is 3.05. The number of nitrogens with zero attached hydrogens (tertiary/aromatic N) is 3. The Kier molecular flexibility index (Phi) is 2.96. The van der Waals surface area contributed by atoms with Crippen molar-refractivity contribution in [2.75, 3.05) is 0 Å². The van der Waals surface area contributed by atoms with Crippen LogP contribution in [0.15, 0.2) is 42.7 Å². The molecule has 0 aliphatic heterocycles. The van der Waals surface area contributed by atoms with Gasteiger partial charge in [-0.25, -0.2) is 15.0 Å². The van der Waals surface area contributed by atoms with Gasteiger partial charge in [-0.3, -0.25) is 0 Å². The molecule has 2 aromatic heterocycles. The van der Waals surface area contributed by atoms with Crippen LogP contribution in [0.1, 0.15) is 17.3 Å². The van der Waals surface area contributed by atoms with Crippen molar-refractivity contribution in [2.45, 2.75) is 19.3 Å². The van der Waals surface area contributed by atoms with Crippen molar-refractivity contribution in [3.8, 4) is 0 Å². The lowest BCUT2D eigenvalue weighted by Gasteiger charge is -1.97. The lowest BCUT2D eigenvalue weighted by Crippen LogP contribution is -1.97. The molecule has 1 aromatic carbocycles. The van der Waals surface area contributed by atoms with Crippen LogP contribution in [0.2, 0.25) is 0 Å². The molecule has 0 saturated heterocycles. The highest BCUT2D eigenvalue weighted by atomic mass is 32.1. The van der Waals surface area contributed by atoms with Gasteiger partial charge in [-0.2, -0.15) is 0 Å². The molecule has 0 radical (unpaired) electrons. The van der Waals surface area contributed by atoms with Crippen molar-refractivity contribution < 1.29 is 0 Å². The maximum absolute atomic E-state index is 4.72. The van der Waals surface area contributed by atoms with E-state index in [4.69, 9.17) is 4.98 Å². The van der Waals surface area contributed by atoms with E-state index in [-0.39, 0.29) is 0 Å². The molecule has 4 rings (SSSR count). The predicted octanol–water partition coefficient (Wildman–Crippen LogP) is 3.51. The van der Waals surface area contributed by atoms with Crippen LogP contribution in [-0.2, 0) is 12.8 Å². The minimum absolute atomic E-state index is 0.740. The zero-order valence-corrected chi connectivity index (χ0v) is 11.9. The Morgan fingerprint density at radius 2 is 1.80 bits per heavy atom. The zero-order valence-electron chi connectivity index (χ0n) is 11.1. The molecular weight excluding hydrogens is 266 g/mol. The number of thiazole rings is 1. The summed E-state index contributed by atoms with van der Waals surface area (Å²) in [5.41, 5.74) is 1.14. The molecule has 1 saturated carbocycles. The number of benzene rings is 1. The molecule has 0 amide bonds. The molecule has 20 heavy (non-hydrogen) atoms. The van der Waals surface area contributed by atoms with Gasteiger partial charge in [0.25, 0.3) is 0 Å². The Morgan fingerprint density at radius 1 is 1.00 bits per heavy atom. The standard InChI is InChI=1S/C16H15N3S/c1-2-5-14-13(4-1)19-16(20-14)10-12-8-11(12)9-15-17-6-3-7-18-15/h1-7,11-12H,8-10H2. The summed E-state index contributed by atoms with van der Waals surface area (Å²) in [5.74, 6) is 2.48. The Bertz CT molecular complexity index is 690. The fourth-order valence-corrected chi connectivity index (χ4v) is 3.77. The van der Waals surface area contributed by atoms with Crippen LogP contribution in [0.4, 0.5) is 0 Å². The van der Waals surface area contributed by atoms with Gasteiger partial charge in [0.15, 0.2) is 0 Å². The van der Waals surface area contributed by atoms with Gasteiger partial charge in [0.2, 0.25) is 0 Å². The van der Waals surface area contributed by atoms with E-state index in [0.717, 1.165) is 36.0 Å². The van der Waals surface area contributed by atoms with Crippen LogP contribution < -0.4 is 0 Å². The molecule has 0 spiro atoms. The second-order valence-corrected chi connectivity index (χ2v) is 6.52. The third-order valence-corrected chi connectivity index (χ3v) is 4.97. The van der Waals surface area contributed by atoms with Gasteiger partial charge in [0.1, 0.15) is 5.82 Å². The van der Waals surface area contributed by atoms with Crippen molar-refractivity contribution in [3.63, 3.8) is 0 Å². The summed E-state index contributed by atoms with van der Waals surface area (Å²) in [6, 6.07) is 10.3. The molecule has 3 nitrogen and oxygen atoms in total. The van der Waals surface area contributed by atoms with E-state index in [1.807, 2.05) is 29.8 Å². The van der Waals surface area contributed by atoms with E-state index in [1.54, 1.807) is 0 Å². The monoisotopic (exact) mass is 281 g/mol. The molecule has 0 N–H and O–H groups in total. The lowest BCUT2D eigenvalue weighted by molar-refractivity contribution is 0.669. The van der Waals surface area contributed by atoms with E-state index in [2.05, 4.69) is 34.2 Å². The van der Waals surface area contributed by atoms with Crippen LogP contribution >= 0.6 is 11.3 Å². The summed E-state index contributed by atoms with van der Waals surface area (Å²) in [6.45, 7) is 0. The average molecular weight is 281 g/mol. The normalized spacial score (nSPS) is 21.2. The van der Waals surface area contributed by atoms with Crippen LogP contribution in [0, 0.1) is 11.8 Å². The maximum atomic E-state index is 4.72. The molecule has 2 heterocycles. The van der Waals surface area contributed by atoms with Crippen LogP contribution in [0.5, 0.6) is 0 Å². The van der Waals surface area contributed by atoms with Gasteiger partial charge >= 0.3 is 0 Å². The van der Waals surface area contributed by atoms with Gasteiger partial charge < -0.3 is 0 Å². The van der Waals surface area contributed by atoms with Crippen LogP contribution in [0.3, 0.4) is 0 Å². The van der Waals surface area contributed by atoms with Gasteiger partial charge in [-0.1, -0.05) is 12.1 Å². The lowest BCUT2D eigenvalue weighted by atomic mass is 10.2. The number of hydrogen-bond acceptors (Lipinski definition) is 4. The summed E-state index contributed by atoms with van der Waals surface area (Å²) in [6.07, 6.45) is 7.06. The first kappa shape index (κ1) is 12.0. The van der Waals surface area contributed by atoms with Crippen LogP contribution in [0.25, 0.3) is 10.2 Å². The fraction of sp³-hybridized carbons (Fsp3) is 0.312. The first-order valence-electron chi connectivity index (χ1n) is 6.99. The fourth-order valence-electron chi connectivity index (χ4n) is 2.71. The number of hydrogen-bond donors (Lipinski definition) is 0. The molecule has 2 unspecified atom stereocenters. The van der Waals surface area contributed by atoms with E-state index in [0.29, 0.717) is 0 Å². The molecule has 3 aromatic rings. The van der Waals surface area contributed by atoms with Crippen molar-refractivity contribution in [1.29, 1.82) is 0 Å². The largest absolute Gasteiger partial charge is 0.241 e. The summed E-state index contributed by atoms with van der Waals surface area (Å²) < 4.78 is 1.30. The predicted molar refractivity (Wildman–Crippen MR) is 80.7 cm³/mol. The van der Waals surface area contributed by atoms with Gasteiger partial charge in [0.05, 0.1) is 15.2 Å². The number of para-hydroxylation sites is 1. The van der Waals surface area contributed by atoms with E-state index in [1.165, 1.54) is 16.1 Å². The van der Waals surface area contributed by atoms with Gasteiger partial charge in [-0.15, -0.1) is 11.3 Å². The molecular formula is C16H15N3S. The number of fused-ring (bicyclic) bond motifs is 1. The smallest absolute Gasteiger partial charge is 0.128 e. The highest BCUT2D eigenvalue weighted by Gasteiger charge is 2.38. The third kappa shape index (κ3) is 2.43. The van der Waals surface area contributed by atoms with Gasteiger partial charge in [-0.05, 0) is 36.5 Å². The first-order chi connectivity index (χ1) is 9.88. The van der Waals surface area contributed by atoms with Crippen molar-refractivity contribution in [1.82, 2.24) is 15.0 Å². The molecule has 1 aliphatic rings. The SMILES string of the molecule is c1cnc(CC2CC2Cc2nc3ccccc3s2)nc1. The van der Waals surface area contributed by atoms with E-state index >= 15 is 0 Å². The van der Waals surface area contributed by atoms with E-state index in [9.17, 15) is 0 Å². The topological polar surface area (TPSA) is 38.7 Å². The second-order valence-electron chi connectivity index (χ2n) is 5.40. The Hall–Kier alpha value is -1.81. The summed E-state index contributed by atoms with van der Waals surface area (Å²) in [7, 11) is 0. The summed E-state index contributed by atoms with van der Waals surface area (Å²) in [4.78, 5) is 13.3.